The van der Waals surface area contributed by atoms with Crippen molar-refractivity contribution in [1.82, 2.24) is 0 Å². The lowest BCUT2D eigenvalue weighted by molar-refractivity contribution is 0.0582. The van der Waals surface area contributed by atoms with Gasteiger partial charge in [0.15, 0.2) is 11.5 Å². The van der Waals surface area contributed by atoms with Crippen molar-refractivity contribution in [1.29, 1.82) is 0 Å². The number of allylic oxidation sites excluding steroid dienone is 2. The Balaban J connectivity index is 1.79. The van der Waals surface area contributed by atoms with Crippen molar-refractivity contribution in [3.63, 3.8) is 0 Å². The Morgan fingerprint density at radius 1 is 1.12 bits per heavy atom. The molecule has 0 radical (unpaired) electrons. The molecular weight excluding hydrogens is 300 g/mol. The Morgan fingerprint density at radius 3 is 2.46 bits per heavy atom. The Bertz CT molecular complexity index is 796. The molecule has 4 heteroatoms. The van der Waals surface area contributed by atoms with Crippen molar-refractivity contribution in [3.05, 3.63) is 84.0 Å². The van der Waals surface area contributed by atoms with Gasteiger partial charge in [0.2, 0.25) is 0 Å². The third-order valence-electron chi connectivity index (χ3n) is 4.13. The number of nitrogens with two attached hydrogens (primary N) is 1. The van der Waals surface area contributed by atoms with E-state index in [1.807, 2.05) is 66.7 Å². The van der Waals surface area contributed by atoms with Crippen LogP contribution in [0, 0.1) is 0 Å². The molecule has 0 fully saturated rings. The zero-order valence-electron chi connectivity index (χ0n) is 13.5. The summed E-state index contributed by atoms with van der Waals surface area (Å²) < 4.78 is 5.66. The minimum absolute atomic E-state index is 0.00998. The van der Waals surface area contributed by atoms with Crippen molar-refractivity contribution in [3.8, 4) is 0 Å². The van der Waals surface area contributed by atoms with Gasteiger partial charge in [0.05, 0.1) is 11.4 Å². The second-order valence-electron chi connectivity index (χ2n) is 5.70. The Hall–Kier alpha value is -2.85. The largest absolute Gasteiger partial charge is 0.397 e. The second kappa shape index (κ2) is 6.72. The number of nitrogen functional groups attached to an aromatic ring is 1. The maximum Gasteiger partial charge on any atom is 0.192 e. The molecule has 0 aliphatic heterocycles. The molecule has 4 nitrogen and oxygen atoms in total. The van der Waals surface area contributed by atoms with E-state index in [1.54, 1.807) is 13.2 Å². The number of hydrogen-bond acceptors (Lipinski definition) is 4. The van der Waals surface area contributed by atoms with E-state index in [0.717, 1.165) is 5.69 Å². The van der Waals surface area contributed by atoms with Crippen LogP contribution in [-0.4, -0.2) is 18.6 Å². The molecule has 1 aliphatic carbocycles. The van der Waals surface area contributed by atoms with Gasteiger partial charge in [0, 0.05) is 24.7 Å². The van der Waals surface area contributed by atoms with E-state index in [1.165, 1.54) is 0 Å². The zero-order chi connectivity index (χ0) is 17.0. The first-order valence-electron chi connectivity index (χ1n) is 7.80. The minimum atomic E-state index is -0.712. The van der Waals surface area contributed by atoms with Gasteiger partial charge >= 0.3 is 0 Å². The summed E-state index contributed by atoms with van der Waals surface area (Å²) in [4.78, 5) is 12.5. The number of benzene rings is 2. The predicted octanol–water partition coefficient (Wildman–Crippen LogP) is 3.79. The van der Waals surface area contributed by atoms with Crippen LogP contribution in [-0.2, 0) is 4.74 Å². The standard InChI is InChI=1S/C20H20N2O2/c1-24-20(22-18-10-6-5-9-17(18)21)13-11-16(12-14-20)19(23)15-7-3-2-4-8-15/h2-13,22H,14,21H2,1H3. The smallest absolute Gasteiger partial charge is 0.192 e. The Labute approximate surface area is 141 Å². The van der Waals surface area contributed by atoms with Crippen molar-refractivity contribution in [2.75, 3.05) is 18.2 Å². The van der Waals surface area contributed by atoms with Gasteiger partial charge in [0.25, 0.3) is 0 Å². The molecule has 3 N–H and O–H groups in total. The molecule has 0 aromatic heterocycles. The summed E-state index contributed by atoms with van der Waals surface area (Å²) in [5.74, 6) is 0.00998. The van der Waals surface area contributed by atoms with Gasteiger partial charge in [-0.05, 0) is 18.2 Å². The number of Topliss-reactive ketones (excluding diaryl/α,β-unsaturated/α-hetero) is 1. The number of anilines is 2. The number of ether oxygens (including phenoxy) is 1. The number of para-hydroxylation sites is 2. The molecule has 2 aromatic carbocycles. The summed E-state index contributed by atoms with van der Waals surface area (Å²) in [5, 5.41) is 3.32. The molecule has 0 bridgehead atoms. The van der Waals surface area contributed by atoms with E-state index < -0.39 is 5.72 Å². The molecule has 122 valence electrons. The number of carbonyl (C=O) groups is 1. The third-order valence-corrected chi connectivity index (χ3v) is 4.13. The first kappa shape index (κ1) is 16.0. The van der Waals surface area contributed by atoms with E-state index in [-0.39, 0.29) is 5.78 Å². The summed E-state index contributed by atoms with van der Waals surface area (Å²) in [7, 11) is 1.63. The maximum atomic E-state index is 12.5. The molecule has 1 aliphatic rings. The topological polar surface area (TPSA) is 64.3 Å². The van der Waals surface area contributed by atoms with Crippen LogP contribution >= 0.6 is 0 Å². The van der Waals surface area contributed by atoms with Gasteiger partial charge < -0.3 is 15.8 Å². The molecule has 2 aromatic rings. The van der Waals surface area contributed by atoms with E-state index in [4.69, 9.17) is 10.5 Å². The van der Waals surface area contributed by atoms with Crippen LogP contribution in [0.1, 0.15) is 16.8 Å². The predicted molar refractivity (Wildman–Crippen MR) is 96.8 cm³/mol. The highest BCUT2D eigenvalue weighted by Gasteiger charge is 2.29. The summed E-state index contributed by atoms with van der Waals surface area (Å²) in [5.41, 5.74) is 8.07. The SMILES string of the molecule is COC1(Nc2ccccc2N)C=CC(C(=O)c2ccccc2)=CC1. The summed E-state index contributed by atoms with van der Waals surface area (Å²) in [6, 6.07) is 16.8. The fourth-order valence-corrected chi connectivity index (χ4v) is 2.68. The molecular formula is C20H20N2O2. The van der Waals surface area contributed by atoms with E-state index in [0.29, 0.717) is 23.2 Å². The summed E-state index contributed by atoms with van der Waals surface area (Å²) in [6.45, 7) is 0. The highest BCUT2D eigenvalue weighted by molar-refractivity contribution is 6.10. The van der Waals surface area contributed by atoms with Crippen molar-refractivity contribution in [2.24, 2.45) is 0 Å². The Morgan fingerprint density at radius 2 is 1.83 bits per heavy atom. The third kappa shape index (κ3) is 3.24. The first-order chi connectivity index (χ1) is 11.6. The average molecular weight is 320 g/mol. The van der Waals surface area contributed by atoms with Crippen molar-refractivity contribution >= 4 is 17.2 Å². The maximum absolute atomic E-state index is 12.5. The van der Waals surface area contributed by atoms with Crippen LogP contribution in [0.3, 0.4) is 0 Å². The fourth-order valence-electron chi connectivity index (χ4n) is 2.68. The van der Waals surface area contributed by atoms with Crippen LogP contribution in [0.5, 0.6) is 0 Å². The minimum Gasteiger partial charge on any atom is -0.397 e. The van der Waals surface area contributed by atoms with Crippen LogP contribution in [0.4, 0.5) is 11.4 Å². The quantitative estimate of drug-likeness (QED) is 0.500. The fraction of sp³-hybridized carbons (Fsp3) is 0.150. The van der Waals surface area contributed by atoms with Gasteiger partial charge in [-0.3, -0.25) is 4.79 Å². The molecule has 0 spiro atoms. The number of methoxy groups -OCH3 is 1. The van der Waals surface area contributed by atoms with Crippen LogP contribution in [0.15, 0.2) is 78.4 Å². The Kier molecular flexibility index (Phi) is 4.49. The molecule has 0 saturated carbocycles. The number of carbonyl (C=O) groups excluding carboxylic acids is 1. The van der Waals surface area contributed by atoms with Crippen LogP contribution < -0.4 is 11.1 Å². The average Bonchev–Trinajstić information content (AvgIpc) is 2.64. The molecule has 1 unspecified atom stereocenters. The molecule has 24 heavy (non-hydrogen) atoms. The lowest BCUT2D eigenvalue weighted by Gasteiger charge is -2.33. The van der Waals surface area contributed by atoms with Crippen LogP contribution in [0.2, 0.25) is 0 Å². The second-order valence-corrected chi connectivity index (χ2v) is 5.70. The van der Waals surface area contributed by atoms with Gasteiger partial charge in [-0.2, -0.15) is 0 Å². The van der Waals surface area contributed by atoms with E-state index >= 15 is 0 Å². The number of ketones is 1. The van der Waals surface area contributed by atoms with E-state index in [9.17, 15) is 4.79 Å². The van der Waals surface area contributed by atoms with Gasteiger partial charge in [-0.15, -0.1) is 0 Å². The van der Waals surface area contributed by atoms with Gasteiger partial charge in [0.1, 0.15) is 0 Å². The zero-order valence-corrected chi connectivity index (χ0v) is 13.5. The van der Waals surface area contributed by atoms with Crippen molar-refractivity contribution in [2.45, 2.75) is 12.1 Å². The molecule has 0 amide bonds. The number of nitrogens with one attached hydrogen (secondary N) is 1. The molecule has 0 saturated heterocycles. The lowest BCUT2D eigenvalue weighted by atomic mass is 9.94. The lowest BCUT2D eigenvalue weighted by Crippen LogP contribution is -2.39. The number of rotatable bonds is 5. The van der Waals surface area contributed by atoms with Gasteiger partial charge in [-0.1, -0.05) is 54.6 Å². The molecule has 3 rings (SSSR count). The first-order valence-corrected chi connectivity index (χ1v) is 7.80. The molecule has 0 heterocycles. The number of hydrogen-bond donors (Lipinski definition) is 2. The molecule has 1 atom stereocenters. The summed E-state index contributed by atoms with van der Waals surface area (Å²) in [6.07, 6.45) is 6.09. The van der Waals surface area contributed by atoms with Crippen molar-refractivity contribution < 1.29 is 9.53 Å². The van der Waals surface area contributed by atoms with Crippen LogP contribution in [0.25, 0.3) is 0 Å². The highest BCUT2D eigenvalue weighted by atomic mass is 16.5. The van der Waals surface area contributed by atoms with Gasteiger partial charge in [-0.25, -0.2) is 0 Å². The summed E-state index contributed by atoms with van der Waals surface area (Å²) >= 11 is 0. The van der Waals surface area contributed by atoms with E-state index in [2.05, 4.69) is 5.32 Å². The monoisotopic (exact) mass is 320 g/mol. The highest BCUT2D eigenvalue weighted by Crippen LogP contribution is 2.30. The normalized spacial score (nSPS) is 19.6.